The predicted molar refractivity (Wildman–Crippen MR) is 117 cm³/mol. The van der Waals surface area contributed by atoms with Crippen LogP contribution < -0.4 is 5.32 Å². The van der Waals surface area contributed by atoms with Crippen LogP contribution in [-0.4, -0.2) is 23.8 Å². The molecule has 0 bridgehead atoms. The van der Waals surface area contributed by atoms with Gasteiger partial charge in [-0.2, -0.15) is 0 Å². The zero-order chi connectivity index (χ0) is 21.3. The zero-order valence-electron chi connectivity index (χ0n) is 16.2. The van der Waals surface area contributed by atoms with Crippen molar-refractivity contribution >= 4 is 35.0 Å². The third-order valence-electron chi connectivity index (χ3n) is 5.34. The predicted octanol–water partition coefficient (Wildman–Crippen LogP) is 5.63. The van der Waals surface area contributed by atoms with Crippen LogP contribution in [0.5, 0.6) is 0 Å². The lowest BCUT2D eigenvalue weighted by atomic mass is 9.96. The van der Waals surface area contributed by atoms with Gasteiger partial charge in [0, 0.05) is 10.8 Å². The molecule has 0 saturated heterocycles. The molecule has 1 aliphatic rings. The molecule has 1 heterocycles. The number of carbonyl (C=O) groups is 2. The van der Waals surface area contributed by atoms with E-state index in [1.54, 1.807) is 19.1 Å². The highest BCUT2D eigenvalue weighted by Gasteiger charge is 2.35. The lowest BCUT2D eigenvalue weighted by Crippen LogP contribution is -2.45. The number of nitrogens with one attached hydrogen (secondary N) is 1. The molecule has 1 aliphatic carbocycles. The Kier molecular flexibility index (Phi) is 5.54. The van der Waals surface area contributed by atoms with Crippen LogP contribution in [-0.2, 0) is 15.1 Å². The summed E-state index contributed by atoms with van der Waals surface area (Å²) in [5.74, 6) is -1.09. The van der Waals surface area contributed by atoms with E-state index in [1.807, 2.05) is 36.4 Å². The minimum Gasteiger partial charge on any atom is -0.481 e. The molecule has 1 amide bonds. The van der Waals surface area contributed by atoms with Crippen molar-refractivity contribution in [2.75, 3.05) is 6.61 Å². The Balaban J connectivity index is 1.51. The average Bonchev–Trinajstić information content (AvgIpc) is 3.28. The Bertz CT molecular complexity index is 1070. The summed E-state index contributed by atoms with van der Waals surface area (Å²) in [4.78, 5) is 24.7. The van der Waals surface area contributed by atoms with E-state index in [9.17, 15) is 14.7 Å². The number of hydrogen-bond donors (Lipinski definition) is 2. The molecule has 4 rings (SSSR count). The Morgan fingerprint density at radius 2 is 1.67 bits per heavy atom. The van der Waals surface area contributed by atoms with Gasteiger partial charge in [0.05, 0.1) is 16.3 Å². The van der Waals surface area contributed by atoms with Crippen LogP contribution in [0.4, 0.5) is 4.79 Å². The molecule has 154 valence electrons. The summed E-state index contributed by atoms with van der Waals surface area (Å²) < 4.78 is 6.10. The first-order chi connectivity index (χ1) is 14.4. The summed E-state index contributed by atoms with van der Waals surface area (Å²) in [7, 11) is 0. The van der Waals surface area contributed by atoms with Crippen LogP contribution in [0.3, 0.4) is 0 Å². The molecule has 0 saturated carbocycles. The van der Waals surface area contributed by atoms with Crippen LogP contribution in [0.25, 0.3) is 11.1 Å². The fourth-order valence-electron chi connectivity index (χ4n) is 3.97. The first-order valence-corrected chi connectivity index (χ1v) is 10.7. The monoisotopic (exact) mass is 441 g/mol. The number of benzene rings is 2. The van der Waals surface area contributed by atoms with E-state index in [0.29, 0.717) is 9.21 Å². The largest absolute Gasteiger partial charge is 0.481 e. The summed E-state index contributed by atoms with van der Waals surface area (Å²) in [6.45, 7) is 1.82. The molecule has 1 atom stereocenters. The number of halogens is 1. The molecule has 3 aromatic rings. The van der Waals surface area contributed by atoms with Crippen LogP contribution in [0.1, 0.15) is 35.3 Å². The molecule has 0 fully saturated rings. The van der Waals surface area contributed by atoms with E-state index >= 15 is 0 Å². The average molecular weight is 442 g/mol. The van der Waals surface area contributed by atoms with Crippen molar-refractivity contribution in [3.05, 3.63) is 81.0 Å². The summed E-state index contributed by atoms with van der Waals surface area (Å²) in [6.07, 6.45) is -0.946. The second kappa shape index (κ2) is 8.13. The minimum atomic E-state index is -1.12. The summed E-state index contributed by atoms with van der Waals surface area (Å²) >= 11 is 7.24. The Hall–Kier alpha value is -2.83. The zero-order valence-corrected chi connectivity index (χ0v) is 17.8. The number of carboxylic acids is 1. The van der Waals surface area contributed by atoms with Gasteiger partial charge in [-0.15, -0.1) is 11.3 Å². The number of fused-ring (bicyclic) bond motifs is 3. The van der Waals surface area contributed by atoms with E-state index in [4.69, 9.17) is 16.3 Å². The third kappa shape index (κ3) is 3.93. The van der Waals surface area contributed by atoms with Gasteiger partial charge in [0.2, 0.25) is 0 Å². The second-order valence-corrected chi connectivity index (χ2v) is 9.17. The number of thiophene rings is 1. The maximum atomic E-state index is 12.6. The first kappa shape index (κ1) is 20.4. The molecule has 0 spiro atoms. The van der Waals surface area contributed by atoms with E-state index in [2.05, 4.69) is 17.4 Å². The van der Waals surface area contributed by atoms with Gasteiger partial charge in [-0.05, 0) is 41.3 Å². The van der Waals surface area contributed by atoms with Crippen LogP contribution in [0.15, 0.2) is 60.7 Å². The molecule has 30 heavy (non-hydrogen) atoms. The number of ether oxygens (including phenoxy) is 1. The van der Waals surface area contributed by atoms with Crippen molar-refractivity contribution in [3.8, 4) is 11.1 Å². The van der Waals surface area contributed by atoms with E-state index in [1.165, 1.54) is 11.3 Å². The molecule has 5 nitrogen and oxygen atoms in total. The van der Waals surface area contributed by atoms with E-state index in [-0.39, 0.29) is 18.9 Å². The number of carboxylic acid groups (broad SMARTS) is 1. The molecular weight excluding hydrogens is 422 g/mol. The van der Waals surface area contributed by atoms with E-state index in [0.717, 1.165) is 22.3 Å². The highest BCUT2D eigenvalue weighted by molar-refractivity contribution is 7.16. The van der Waals surface area contributed by atoms with Gasteiger partial charge in [0.25, 0.3) is 0 Å². The van der Waals surface area contributed by atoms with Gasteiger partial charge in [-0.3, -0.25) is 4.79 Å². The molecule has 2 aromatic carbocycles. The molecular formula is C23H20ClNO4S. The van der Waals surface area contributed by atoms with Crippen LogP contribution in [0.2, 0.25) is 4.34 Å². The SMILES string of the molecule is CC(CC(=O)O)(NC(=O)OCC1c2ccccc2-c2ccccc21)c1ccc(Cl)s1. The summed E-state index contributed by atoms with van der Waals surface area (Å²) in [5, 5.41) is 12.1. The quantitative estimate of drug-likeness (QED) is 0.519. The second-order valence-electron chi connectivity index (χ2n) is 7.46. The molecule has 0 aliphatic heterocycles. The fraction of sp³-hybridized carbons (Fsp3) is 0.217. The lowest BCUT2D eigenvalue weighted by Gasteiger charge is -2.28. The maximum absolute atomic E-state index is 12.6. The lowest BCUT2D eigenvalue weighted by molar-refractivity contribution is -0.138. The standard InChI is InChI=1S/C23H20ClNO4S/c1-23(12-21(26)27,19-10-11-20(24)30-19)25-22(28)29-13-18-16-8-4-2-6-14(16)15-7-3-5-9-17(15)18/h2-11,18H,12-13H2,1H3,(H,25,28)(H,26,27). The van der Waals surface area contributed by atoms with Crippen LogP contribution >= 0.6 is 22.9 Å². The van der Waals surface area contributed by atoms with Gasteiger partial charge < -0.3 is 15.2 Å². The van der Waals surface area contributed by atoms with Gasteiger partial charge >= 0.3 is 12.1 Å². The highest BCUT2D eigenvalue weighted by atomic mass is 35.5. The Morgan fingerprint density at radius 1 is 1.07 bits per heavy atom. The highest BCUT2D eigenvalue weighted by Crippen LogP contribution is 2.44. The third-order valence-corrected chi connectivity index (χ3v) is 6.84. The van der Waals surface area contributed by atoms with Crippen molar-refractivity contribution in [2.45, 2.75) is 24.8 Å². The normalized spacial score (nSPS) is 14.5. The molecule has 1 aromatic heterocycles. The summed E-state index contributed by atoms with van der Waals surface area (Å²) in [5.41, 5.74) is 3.40. The number of carbonyl (C=O) groups excluding carboxylic acids is 1. The Labute approximate surface area is 183 Å². The number of amides is 1. The molecule has 2 N–H and O–H groups in total. The first-order valence-electron chi connectivity index (χ1n) is 9.48. The van der Waals surface area contributed by atoms with Crippen molar-refractivity contribution in [2.24, 2.45) is 0 Å². The van der Waals surface area contributed by atoms with E-state index < -0.39 is 17.6 Å². The number of hydrogen-bond acceptors (Lipinski definition) is 4. The van der Waals surface area contributed by atoms with Gasteiger partial charge in [-0.1, -0.05) is 60.1 Å². The van der Waals surface area contributed by atoms with Gasteiger partial charge in [0.15, 0.2) is 0 Å². The summed E-state index contributed by atoms with van der Waals surface area (Å²) in [6, 6.07) is 19.6. The fourth-order valence-corrected chi connectivity index (χ4v) is 5.11. The van der Waals surface area contributed by atoms with Crippen LogP contribution in [0, 0.1) is 0 Å². The minimum absolute atomic E-state index is 0.0648. The molecule has 0 radical (unpaired) electrons. The number of alkyl carbamates (subject to hydrolysis) is 1. The van der Waals surface area contributed by atoms with Crippen molar-refractivity contribution in [1.29, 1.82) is 0 Å². The smallest absolute Gasteiger partial charge is 0.407 e. The maximum Gasteiger partial charge on any atom is 0.407 e. The van der Waals surface area contributed by atoms with Gasteiger partial charge in [-0.25, -0.2) is 4.79 Å². The molecule has 7 heteroatoms. The number of aliphatic carboxylic acids is 1. The van der Waals surface area contributed by atoms with Crippen molar-refractivity contribution in [1.82, 2.24) is 5.32 Å². The topological polar surface area (TPSA) is 75.6 Å². The van der Waals surface area contributed by atoms with Crippen molar-refractivity contribution < 1.29 is 19.4 Å². The van der Waals surface area contributed by atoms with Crippen molar-refractivity contribution in [3.63, 3.8) is 0 Å². The number of rotatable bonds is 6. The Morgan fingerprint density at radius 3 is 2.20 bits per heavy atom. The van der Waals surface area contributed by atoms with Gasteiger partial charge in [0.1, 0.15) is 6.61 Å². The molecule has 1 unspecified atom stereocenters.